The highest BCUT2D eigenvalue weighted by Crippen LogP contribution is 2.48. The first-order chi connectivity index (χ1) is 9.80. The summed E-state index contributed by atoms with van der Waals surface area (Å²) in [6.45, 7) is 14.2. The molecule has 1 aliphatic heterocycles. The van der Waals surface area contributed by atoms with E-state index in [2.05, 4.69) is 56.4 Å². The molecule has 2 heterocycles. The number of nitrogens with zero attached hydrogens (tertiary/aromatic N) is 2. The van der Waals surface area contributed by atoms with Gasteiger partial charge in [0.1, 0.15) is 0 Å². The van der Waals surface area contributed by atoms with Crippen LogP contribution in [0.2, 0.25) is 0 Å². The lowest BCUT2D eigenvalue weighted by Gasteiger charge is -2.33. The van der Waals surface area contributed by atoms with E-state index in [-0.39, 0.29) is 17.2 Å². The molecule has 1 aromatic heterocycles. The summed E-state index contributed by atoms with van der Waals surface area (Å²) in [7, 11) is 0. The van der Waals surface area contributed by atoms with Crippen molar-refractivity contribution in [1.82, 2.24) is 14.9 Å². The van der Waals surface area contributed by atoms with Gasteiger partial charge in [0.25, 0.3) is 0 Å². The van der Waals surface area contributed by atoms with Crippen molar-refractivity contribution < 1.29 is 4.74 Å². The second kappa shape index (κ2) is 6.31. The molecule has 2 unspecified atom stereocenters. The molecule has 0 bridgehead atoms. The van der Waals surface area contributed by atoms with Gasteiger partial charge in [-0.25, -0.2) is 0 Å². The predicted molar refractivity (Wildman–Crippen MR) is 87.7 cm³/mol. The zero-order valence-corrected chi connectivity index (χ0v) is 15.0. The van der Waals surface area contributed by atoms with Crippen molar-refractivity contribution in [1.29, 1.82) is 0 Å². The highest BCUT2D eigenvalue weighted by molar-refractivity contribution is 7.05. The second-order valence-electron chi connectivity index (χ2n) is 7.15. The quantitative estimate of drug-likeness (QED) is 0.869. The lowest BCUT2D eigenvalue weighted by atomic mass is 9.80. The van der Waals surface area contributed by atoms with Gasteiger partial charge in [-0.05, 0) is 65.0 Å². The first-order valence-electron chi connectivity index (χ1n) is 8.05. The molecule has 1 fully saturated rings. The van der Waals surface area contributed by atoms with E-state index in [1.165, 1.54) is 4.88 Å². The van der Waals surface area contributed by atoms with Crippen LogP contribution in [0.4, 0.5) is 0 Å². The lowest BCUT2D eigenvalue weighted by Crippen LogP contribution is -2.38. The first kappa shape index (κ1) is 16.8. The molecule has 0 aliphatic carbocycles. The van der Waals surface area contributed by atoms with Gasteiger partial charge in [0.15, 0.2) is 0 Å². The summed E-state index contributed by atoms with van der Waals surface area (Å²) in [5.74, 6) is 0.437. The van der Waals surface area contributed by atoms with E-state index in [0.29, 0.717) is 5.92 Å². The number of hydrogen-bond acceptors (Lipinski definition) is 5. The van der Waals surface area contributed by atoms with Gasteiger partial charge < -0.3 is 10.1 Å². The lowest BCUT2D eigenvalue weighted by molar-refractivity contribution is -0.0777. The largest absolute Gasteiger partial charge is 0.369 e. The number of aryl methyl sites for hydroxylation is 1. The summed E-state index contributed by atoms with van der Waals surface area (Å²) in [5, 5.41) is 8.04. The third-order valence-electron chi connectivity index (χ3n) is 4.36. The second-order valence-corrected chi connectivity index (χ2v) is 7.93. The SMILES string of the molecule is CCCNC(c1snnc1CC)C1CC(C)(C)OC1(C)C. The van der Waals surface area contributed by atoms with Crippen LogP contribution in [0.3, 0.4) is 0 Å². The van der Waals surface area contributed by atoms with Gasteiger partial charge in [-0.2, -0.15) is 0 Å². The molecule has 5 heteroatoms. The Balaban J connectivity index is 2.32. The Kier molecular flexibility index (Phi) is 5.06. The third-order valence-corrected chi connectivity index (χ3v) is 5.21. The van der Waals surface area contributed by atoms with Crippen molar-refractivity contribution in [2.24, 2.45) is 5.92 Å². The van der Waals surface area contributed by atoms with Gasteiger partial charge in [-0.3, -0.25) is 0 Å². The summed E-state index contributed by atoms with van der Waals surface area (Å²) in [6.07, 6.45) is 3.12. The summed E-state index contributed by atoms with van der Waals surface area (Å²) in [5.41, 5.74) is 0.934. The zero-order valence-electron chi connectivity index (χ0n) is 14.2. The van der Waals surface area contributed by atoms with Crippen molar-refractivity contribution in [2.75, 3.05) is 6.54 Å². The third kappa shape index (κ3) is 3.63. The Morgan fingerprint density at radius 1 is 1.33 bits per heavy atom. The van der Waals surface area contributed by atoms with Crippen LogP contribution in [0, 0.1) is 5.92 Å². The maximum atomic E-state index is 6.31. The van der Waals surface area contributed by atoms with Crippen LogP contribution in [-0.2, 0) is 11.2 Å². The summed E-state index contributed by atoms with van der Waals surface area (Å²) in [4.78, 5) is 1.30. The maximum Gasteiger partial charge on any atom is 0.0801 e. The highest BCUT2D eigenvalue weighted by Gasteiger charge is 2.50. The maximum absolute atomic E-state index is 6.31. The zero-order chi connectivity index (χ0) is 15.7. The molecule has 0 radical (unpaired) electrons. The summed E-state index contributed by atoms with van der Waals surface area (Å²) in [6, 6.07) is 0.289. The molecule has 4 nitrogen and oxygen atoms in total. The van der Waals surface area contributed by atoms with E-state index in [4.69, 9.17) is 4.74 Å². The van der Waals surface area contributed by atoms with Crippen LogP contribution < -0.4 is 5.32 Å². The van der Waals surface area contributed by atoms with Crippen LogP contribution >= 0.6 is 11.5 Å². The standard InChI is InChI=1S/C16H29N3OS/c1-7-9-17-13(14-12(8-2)18-19-21-14)11-10-15(3,4)20-16(11,5)6/h11,13,17H,7-10H2,1-6H3. The minimum absolute atomic E-state index is 0.0647. The molecule has 1 aromatic rings. The molecule has 120 valence electrons. The minimum Gasteiger partial charge on any atom is -0.369 e. The van der Waals surface area contributed by atoms with Crippen LogP contribution in [0.5, 0.6) is 0 Å². The Bertz CT molecular complexity index is 470. The van der Waals surface area contributed by atoms with Crippen molar-refractivity contribution in [3.63, 3.8) is 0 Å². The number of rotatable bonds is 6. The van der Waals surface area contributed by atoms with E-state index < -0.39 is 0 Å². The van der Waals surface area contributed by atoms with Crippen LogP contribution in [0.15, 0.2) is 0 Å². The van der Waals surface area contributed by atoms with Crippen LogP contribution in [0.1, 0.15) is 71.0 Å². The molecular formula is C16H29N3OS. The van der Waals surface area contributed by atoms with E-state index >= 15 is 0 Å². The normalized spacial score (nSPS) is 25.1. The number of aromatic nitrogens is 2. The molecule has 0 saturated carbocycles. The molecular weight excluding hydrogens is 282 g/mol. The molecule has 0 spiro atoms. The van der Waals surface area contributed by atoms with Gasteiger partial charge >= 0.3 is 0 Å². The molecule has 1 saturated heterocycles. The van der Waals surface area contributed by atoms with Crippen molar-refractivity contribution in [2.45, 2.75) is 78.0 Å². The molecule has 1 N–H and O–H groups in total. The summed E-state index contributed by atoms with van der Waals surface area (Å²) < 4.78 is 10.5. The molecule has 0 amide bonds. The van der Waals surface area contributed by atoms with Gasteiger partial charge in [-0.1, -0.05) is 18.3 Å². The Morgan fingerprint density at radius 3 is 2.57 bits per heavy atom. The number of ether oxygens (including phenoxy) is 1. The molecule has 0 aromatic carbocycles. The Hall–Kier alpha value is -0.520. The number of nitrogens with one attached hydrogen (secondary N) is 1. The van der Waals surface area contributed by atoms with Crippen molar-refractivity contribution >= 4 is 11.5 Å². The van der Waals surface area contributed by atoms with Gasteiger partial charge in [0.05, 0.1) is 27.8 Å². The van der Waals surface area contributed by atoms with Gasteiger partial charge in [0, 0.05) is 5.92 Å². The van der Waals surface area contributed by atoms with E-state index in [9.17, 15) is 0 Å². The fourth-order valence-electron chi connectivity index (χ4n) is 3.54. The average Bonchev–Trinajstić information content (AvgIpc) is 2.92. The molecule has 2 atom stereocenters. The molecule has 21 heavy (non-hydrogen) atoms. The molecule has 2 rings (SSSR count). The Labute approximate surface area is 132 Å². The highest BCUT2D eigenvalue weighted by atomic mass is 32.1. The van der Waals surface area contributed by atoms with Crippen LogP contribution in [0.25, 0.3) is 0 Å². The smallest absolute Gasteiger partial charge is 0.0801 e. The minimum atomic E-state index is -0.135. The number of hydrogen-bond donors (Lipinski definition) is 1. The van der Waals surface area contributed by atoms with E-state index in [1.807, 2.05) is 0 Å². The fraction of sp³-hybridized carbons (Fsp3) is 0.875. The fourth-order valence-corrected chi connectivity index (χ4v) is 4.42. The monoisotopic (exact) mass is 311 g/mol. The summed E-state index contributed by atoms with van der Waals surface area (Å²) >= 11 is 1.54. The van der Waals surface area contributed by atoms with Crippen molar-refractivity contribution in [3.8, 4) is 0 Å². The Morgan fingerprint density at radius 2 is 2.05 bits per heavy atom. The van der Waals surface area contributed by atoms with Gasteiger partial charge in [0.2, 0.25) is 0 Å². The first-order valence-corrected chi connectivity index (χ1v) is 8.82. The van der Waals surface area contributed by atoms with Crippen LogP contribution in [-0.4, -0.2) is 27.3 Å². The topological polar surface area (TPSA) is 47.0 Å². The molecule has 1 aliphatic rings. The van der Waals surface area contributed by atoms with E-state index in [0.717, 1.165) is 31.5 Å². The van der Waals surface area contributed by atoms with Gasteiger partial charge in [-0.15, -0.1) is 5.10 Å². The average molecular weight is 311 g/mol. The van der Waals surface area contributed by atoms with E-state index in [1.54, 1.807) is 11.5 Å². The predicted octanol–water partition coefficient (Wildman–Crippen LogP) is 3.73. The van der Waals surface area contributed by atoms with Crippen molar-refractivity contribution in [3.05, 3.63) is 10.6 Å².